The van der Waals surface area contributed by atoms with E-state index in [-0.39, 0.29) is 28.5 Å². The Morgan fingerprint density at radius 1 is 1.16 bits per heavy atom. The number of nitrogens with zero attached hydrogens (tertiary/aromatic N) is 6. The summed E-state index contributed by atoms with van der Waals surface area (Å²) in [5.41, 5.74) is -1.31. The zero-order valence-corrected chi connectivity index (χ0v) is 22.8. The highest BCUT2D eigenvalue weighted by Gasteiger charge is 2.48. The summed E-state index contributed by atoms with van der Waals surface area (Å²) >= 11 is 0. The van der Waals surface area contributed by atoms with Crippen molar-refractivity contribution in [1.82, 2.24) is 24.1 Å². The molecule has 2 unspecified atom stereocenters. The Morgan fingerprint density at radius 2 is 1.89 bits per heavy atom. The number of aromatic nitrogens is 4. The van der Waals surface area contributed by atoms with Crippen LogP contribution in [0, 0.1) is 0 Å². The van der Waals surface area contributed by atoms with E-state index in [1.54, 1.807) is 39.1 Å². The first-order chi connectivity index (χ1) is 17.4. The molecule has 2 aromatic heterocycles. The number of hydrogen-bond donors (Lipinski definition) is 1. The average molecular weight is 534 g/mol. The number of aryl methyl sites for hydroxylation is 1. The van der Waals surface area contributed by atoms with Gasteiger partial charge in [0.25, 0.3) is 5.91 Å². The summed E-state index contributed by atoms with van der Waals surface area (Å²) in [5.74, 6) is 1.19. The summed E-state index contributed by atoms with van der Waals surface area (Å²) in [7, 11) is -0.176. The van der Waals surface area contributed by atoms with Crippen molar-refractivity contribution < 1.29 is 22.7 Å². The van der Waals surface area contributed by atoms with Crippen LogP contribution < -0.4 is 15.0 Å². The van der Waals surface area contributed by atoms with Gasteiger partial charge in [0, 0.05) is 45.5 Å². The lowest BCUT2D eigenvalue weighted by Gasteiger charge is -2.41. The van der Waals surface area contributed by atoms with Gasteiger partial charge in [0.15, 0.2) is 17.2 Å². The van der Waals surface area contributed by atoms with Crippen molar-refractivity contribution in [1.29, 1.82) is 0 Å². The monoisotopic (exact) mass is 533 g/mol. The van der Waals surface area contributed by atoms with Gasteiger partial charge in [-0.25, -0.2) is 13.4 Å². The van der Waals surface area contributed by atoms with Crippen molar-refractivity contribution in [3.8, 4) is 5.75 Å². The lowest BCUT2D eigenvalue weighted by Crippen LogP contribution is -2.56. The van der Waals surface area contributed by atoms with Gasteiger partial charge in [0.1, 0.15) is 4.90 Å². The van der Waals surface area contributed by atoms with E-state index >= 15 is 0 Å². The van der Waals surface area contributed by atoms with Crippen molar-refractivity contribution in [2.45, 2.75) is 81.1 Å². The first-order valence-corrected chi connectivity index (χ1v) is 14.1. The fraction of sp³-hybridized carbons (Fsp3) is 0.667. The minimum atomic E-state index is -3.58. The fourth-order valence-electron chi connectivity index (χ4n) is 5.40. The molecule has 0 radical (unpaired) electrons. The van der Waals surface area contributed by atoms with Crippen LogP contribution in [0.1, 0.15) is 52.9 Å². The smallest absolute Gasteiger partial charge is 0.272 e. The van der Waals surface area contributed by atoms with Gasteiger partial charge in [-0.05, 0) is 52.9 Å². The summed E-state index contributed by atoms with van der Waals surface area (Å²) < 4.78 is 40.5. The highest BCUT2D eigenvalue weighted by atomic mass is 32.2. The molecule has 2 aromatic rings. The maximum absolute atomic E-state index is 13.5. The number of nitrogens with one attached hydrogen (secondary N) is 1. The highest BCUT2D eigenvalue weighted by Crippen LogP contribution is 2.43. The van der Waals surface area contributed by atoms with E-state index in [9.17, 15) is 13.2 Å². The van der Waals surface area contributed by atoms with E-state index in [2.05, 4.69) is 22.3 Å². The van der Waals surface area contributed by atoms with Crippen molar-refractivity contribution in [3.63, 3.8) is 0 Å². The maximum Gasteiger partial charge on any atom is 0.272 e. The molecular weight excluding hydrogens is 498 g/mol. The summed E-state index contributed by atoms with van der Waals surface area (Å²) in [6.07, 6.45) is 8.06. The number of piperidine rings is 1. The lowest BCUT2D eigenvalue weighted by atomic mass is 10.0. The van der Waals surface area contributed by atoms with Gasteiger partial charge in [-0.1, -0.05) is 0 Å². The molecular formula is C24H35N7O5S. The molecule has 4 heterocycles. The van der Waals surface area contributed by atoms with Gasteiger partial charge in [-0.3, -0.25) is 14.4 Å². The molecule has 1 N–H and O–H groups in total. The predicted octanol–water partition coefficient (Wildman–Crippen LogP) is 1.94. The fourth-order valence-corrected chi connectivity index (χ4v) is 6.86. The number of hydrogen-bond acceptors (Lipinski definition) is 9. The quantitative estimate of drug-likeness (QED) is 0.592. The number of ether oxygens (including phenoxy) is 2. The molecule has 37 heavy (non-hydrogen) atoms. The Labute approximate surface area is 217 Å². The van der Waals surface area contributed by atoms with Gasteiger partial charge >= 0.3 is 0 Å². The second kappa shape index (κ2) is 9.21. The highest BCUT2D eigenvalue weighted by molar-refractivity contribution is 7.89. The van der Waals surface area contributed by atoms with E-state index in [0.29, 0.717) is 49.9 Å². The molecule has 0 aromatic carbocycles. The maximum atomic E-state index is 13.5. The van der Waals surface area contributed by atoms with Gasteiger partial charge in [0.05, 0.1) is 18.0 Å². The Kier molecular flexibility index (Phi) is 6.44. The van der Waals surface area contributed by atoms with Crippen LogP contribution in [0.25, 0.3) is 0 Å². The second-order valence-corrected chi connectivity index (χ2v) is 12.8. The van der Waals surface area contributed by atoms with E-state index < -0.39 is 15.6 Å². The van der Waals surface area contributed by atoms with Crippen molar-refractivity contribution in [2.24, 2.45) is 7.05 Å². The average Bonchev–Trinajstić information content (AvgIpc) is 3.47. The van der Waals surface area contributed by atoms with E-state index in [1.165, 1.54) is 21.4 Å². The molecule has 1 saturated carbocycles. The Bertz CT molecular complexity index is 1290. The molecule has 0 bridgehead atoms. The summed E-state index contributed by atoms with van der Waals surface area (Å²) in [5, 5.41) is 7.32. The molecule has 2 aliphatic heterocycles. The van der Waals surface area contributed by atoms with Crippen LogP contribution in [0.5, 0.6) is 5.75 Å². The van der Waals surface area contributed by atoms with Crippen LogP contribution in [-0.2, 0) is 26.6 Å². The first-order valence-electron chi connectivity index (χ1n) is 12.6. The summed E-state index contributed by atoms with van der Waals surface area (Å²) in [6, 6.07) is -0.0604. The molecule has 1 saturated heterocycles. The molecule has 202 valence electrons. The zero-order valence-electron chi connectivity index (χ0n) is 22.0. The topological polar surface area (TPSA) is 132 Å². The summed E-state index contributed by atoms with van der Waals surface area (Å²) in [6.45, 7) is 6.33. The Morgan fingerprint density at radius 3 is 2.51 bits per heavy atom. The minimum absolute atomic E-state index is 0.00763. The van der Waals surface area contributed by atoms with E-state index in [1.807, 2.05) is 0 Å². The third-order valence-electron chi connectivity index (χ3n) is 7.70. The molecule has 1 amide bonds. The van der Waals surface area contributed by atoms with Gasteiger partial charge < -0.3 is 14.8 Å². The molecule has 12 nitrogen and oxygen atoms in total. The number of rotatable bonds is 6. The third kappa shape index (κ3) is 4.79. The number of amides is 1. The molecule has 0 spiro atoms. The minimum Gasteiger partial charge on any atom is -0.472 e. The third-order valence-corrected chi connectivity index (χ3v) is 9.55. The Balaban J connectivity index is 1.31. The predicted molar refractivity (Wildman–Crippen MR) is 136 cm³/mol. The van der Waals surface area contributed by atoms with E-state index in [4.69, 9.17) is 14.5 Å². The number of anilines is 2. The Hall–Kier alpha value is -2.77. The number of carbonyl (C=O) groups excluding carboxylic acids is 1. The molecule has 13 heteroatoms. The van der Waals surface area contributed by atoms with Gasteiger partial charge in [-0.2, -0.15) is 14.4 Å². The molecule has 2 fully saturated rings. The van der Waals surface area contributed by atoms with E-state index in [0.717, 1.165) is 12.8 Å². The normalized spacial score (nSPS) is 26.7. The molecule has 3 aliphatic rings. The van der Waals surface area contributed by atoms with Crippen LogP contribution in [-0.4, -0.2) is 81.9 Å². The van der Waals surface area contributed by atoms with Crippen molar-refractivity contribution in [3.05, 3.63) is 18.6 Å². The number of carbonyl (C=O) groups is 1. The van der Waals surface area contributed by atoms with Crippen molar-refractivity contribution in [2.75, 3.05) is 30.4 Å². The molecule has 5 rings (SSSR count). The van der Waals surface area contributed by atoms with Crippen LogP contribution >= 0.6 is 0 Å². The second-order valence-electron chi connectivity index (χ2n) is 10.9. The van der Waals surface area contributed by atoms with Gasteiger partial charge in [-0.15, -0.1) is 0 Å². The lowest BCUT2D eigenvalue weighted by molar-refractivity contribution is -0.133. The molecule has 1 aliphatic carbocycles. The molecule has 2 atom stereocenters. The van der Waals surface area contributed by atoms with Crippen LogP contribution in [0.3, 0.4) is 0 Å². The summed E-state index contributed by atoms with van der Waals surface area (Å²) in [4.78, 5) is 24.6. The first kappa shape index (κ1) is 25.9. The van der Waals surface area contributed by atoms with Crippen LogP contribution in [0.4, 0.5) is 11.8 Å². The number of methoxy groups -OCH3 is 1. The standard InChI is InChI=1S/C24H35N7O5S/c1-23(2)21(32)31(17-6-9-24(3,12-17)35-5)20-19(36-23)14-25-22(28-20)27-16-7-10-30(11-8-16)37(33,34)18-13-26-29(4)15-18/h13-17H,6-12H2,1-5H3,(H,25,27,28). The van der Waals surface area contributed by atoms with Gasteiger partial charge in [0.2, 0.25) is 16.0 Å². The SMILES string of the molecule is COC1(C)CCC(N2C(=O)C(C)(C)Oc3cnc(NC4CCN(S(=O)(=O)c5cnn(C)c5)CC4)nc32)C1. The van der Waals surface area contributed by atoms with Crippen molar-refractivity contribution >= 4 is 27.7 Å². The number of sulfonamides is 1. The van der Waals surface area contributed by atoms with Crippen LogP contribution in [0.15, 0.2) is 23.5 Å². The van der Waals surface area contributed by atoms with Crippen LogP contribution in [0.2, 0.25) is 0 Å². The zero-order chi connectivity index (χ0) is 26.6. The number of fused-ring (bicyclic) bond motifs is 1. The largest absolute Gasteiger partial charge is 0.472 e.